The lowest BCUT2D eigenvalue weighted by molar-refractivity contribution is 0.0951. The highest BCUT2D eigenvalue weighted by Gasteiger charge is 2.19. The number of carbonyl (C=O) groups is 1. The first-order valence-electron chi connectivity index (χ1n) is 9.32. The molecule has 1 unspecified atom stereocenters. The molecule has 0 saturated heterocycles. The number of aromatic nitrogens is 5. The summed E-state index contributed by atoms with van der Waals surface area (Å²) in [5, 5.41) is 21.3. The molecule has 0 aliphatic heterocycles. The van der Waals surface area contributed by atoms with Crippen LogP contribution in [0.2, 0.25) is 0 Å². The first kappa shape index (κ1) is 19.0. The van der Waals surface area contributed by atoms with E-state index in [0.29, 0.717) is 23.6 Å². The SMILES string of the molecule is CCc1nccn1CCCNC(=O)c1ccc2nnc(C(O)C(C)C)n2c1. The van der Waals surface area contributed by atoms with Crippen molar-refractivity contribution in [2.75, 3.05) is 6.54 Å². The minimum Gasteiger partial charge on any atom is -0.385 e. The highest BCUT2D eigenvalue weighted by molar-refractivity contribution is 5.94. The number of carbonyl (C=O) groups excluding carboxylic acids is 1. The predicted octanol–water partition coefficient (Wildman–Crippen LogP) is 2.00. The number of pyridine rings is 1. The van der Waals surface area contributed by atoms with Gasteiger partial charge in [0.1, 0.15) is 11.9 Å². The molecule has 1 atom stereocenters. The lowest BCUT2D eigenvalue weighted by atomic mass is 10.1. The summed E-state index contributed by atoms with van der Waals surface area (Å²) < 4.78 is 3.79. The normalized spacial score (nSPS) is 12.6. The van der Waals surface area contributed by atoms with Gasteiger partial charge in [-0.2, -0.15) is 0 Å². The average Bonchev–Trinajstić information content (AvgIpc) is 3.30. The molecule has 3 rings (SSSR count). The summed E-state index contributed by atoms with van der Waals surface area (Å²) in [5.74, 6) is 1.35. The van der Waals surface area contributed by atoms with Gasteiger partial charge in [-0.1, -0.05) is 20.8 Å². The smallest absolute Gasteiger partial charge is 0.252 e. The first-order chi connectivity index (χ1) is 13.0. The highest BCUT2D eigenvalue weighted by Crippen LogP contribution is 2.20. The molecule has 3 heterocycles. The van der Waals surface area contributed by atoms with E-state index in [1.165, 1.54) is 0 Å². The van der Waals surface area contributed by atoms with Crippen LogP contribution in [-0.2, 0) is 13.0 Å². The van der Waals surface area contributed by atoms with Crippen molar-refractivity contribution >= 4 is 11.6 Å². The van der Waals surface area contributed by atoms with E-state index in [1.807, 2.05) is 20.0 Å². The van der Waals surface area contributed by atoms with Gasteiger partial charge < -0.3 is 15.0 Å². The molecule has 0 aromatic carbocycles. The van der Waals surface area contributed by atoms with Gasteiger partial charge in [0.2, 0.25) is 0 Å². The van der Waals surface area contributed by atoms with Gasteiger partial charge in [-0.25, -0.2) is 4.98 Å². The van der Waals surface area contributed by atoms with Crippen molar-refractivity contribution < 1.29 is 9.90 Å². The van der Waals surface area contributed by atoms with Crippen LogP contribution in [-0.4, -0.2) is 41.7 Å². The number of aliphatic hydroxyl groups excluding tert-OH is 1. The van der Waals surface area contributed by atoms with E-state index >= 15 is 0 Å². The highest BCUT2D eigenvalue weighted by atomic mass is 16.3. The number of fused-ring (bicyclic) bond motifs is 1. The summed E-state index contributed by atoms with van der Waals surface area (Å²) in [5.41, 5.74) is 1.12. The number of hydrogen-bond acceptors (Lipinski definition) is 5. The Morgan fingerprint density at radius 1 is 1.30 bits per heavy atom. The molecule has 0 radical (unpaired) electrons. The van der Waals surface area contributed by atoms with E-state index in [9.17, 15) is 9.90 Å². The Morgan fingerprint density at radius 3 is 2.85 bits per heavy atom. The third-order valence-corrected chi connectivity index (χ3v) is 4.57. The lowest BCUT2D eigenvalue weighted by Crippen LogP contribution is -2.25. The molecule has 0 bridgehead atoms. The molecule has 2 N–H and O–H groups in total. The summed E-state index contributed by atoms with van der Waals surface area (Å²) in [6.45, 7) is 7.28. The van der Waals surface area contributed by atoms with Crippen molar-refractivity contribution in [1.82, 2.24) is 29.5 Å². The Bertz CT molecular complexity index is 914. The van der Waals surface area contributed by atoms with Crippen LogP contribution in [0.1, 0.15) is 55.3 Å². The van der Waals surface area contributed by atoms with Gasteiger partial charge >= 0.3 is 0 Å². The van der Waals surface area contributed by atoms with E-state index in [0.717, 1.165) is 25.2 Å². The van der Waals surface area contributed by atoms with E-state index in [-0.39, 0.29) is 11.8 Å². The van der Waals surface area contributed by atoms with Crippen molar-refractivity contribution in [2.45, 2.75) is 46.3 Å². The molecule has 27 heavy (non-hydrogen) atoms. The second-order valence-electron chi connectivity index (χ2n) is 6.89. The topological polar surface area (TPSA) is 97.3 Å². The number of amides is 1. The van der Waals surface area contributed by atoms with Crippen LogP contribution in [0.15, 0.2) is 30.7 Å². The van der Waals surface area contributed by atoms with Crippen LogP contribution in [0.4, 0.5) is 0 Å². The molecular weight excluding hydrogens is 344 g/mol. The molecule has 144 valence electrons. The van der Waals surface area contributed by atoms with Gasteiger partial charge in [0, 0.05) is 38.1 Å². The minimum absolute atomic E-state index is 0.00562. The average molecular weight is 370 g/mol. The van der Waals surface area contributed by atoms with Crippen LogP contribution in [0.25, 0.3) is 5.65 Å². The van der Waals surface area contributed by atoms with Crippen LogP contribution in [0, 0.1) is 5.92 Å². The molecule has 0 spiro atoms. The zero-order valence-electron chi connectivity index (χ0n) is 16.0. The fraction of sp³-hybridized carbons (Fsp3) is 0.474. The van der Waals surface area contributed by atoms with E-state index in [1.54, 1.807) is 28.9 Å². The fourth-order valence-corrected chi connectivity index (χ4v) is 2.95. The molecule has 0 aliphatic carbocycles. The Morgan fingerprint density at radius 2 is 2.11 bits per heavy atom. The largest absolute Gasteiger partial charge is 0.385 e. The fourth-order valence-electron chi connectivity index (χ4n) is 2.95. The molecule has 8 heteroatoms. The van der Waals surface area contributed by atoms with Crippen LogP contribution in [0.3, 0.4) is 0 Å². The van der Waals surface area contributed by atoms with Gasteiger partial charge in [0.05, 0.1) is 5.56 Å². The van der Waals surface area contributed by atoms with Crippen LogP contribution in [0.5, 0.6) is 0 Å². The predicted molar refractivity (Wildman–Crippen MR) is 101 cm³/mol. The quantitative estimate of drug-likeness (QED) is 0.591. The number of aryl methyl sites for hydroxylation is 2. The Hall–Kier alpha value is -2.74. The minimum atomic E-state index is -0.735. The maximum Gasteiger partial charge on any atom is 0.252 e. The standard InChI is InChI=1S/C19H26N6O2/c1-4-15-20-9-11-24(15)10-5-8-21-19(27)14-6-7-16-22-23-18(25(16)12-14)17(26)13(2)3/h6-7,9,11-13,17,26H,4-5,8,10H2,1-3H3,(H,21,27). The number of imidazole rings is 1. The number of aliphatic hydroxyl groups is 1. The molecule has 0 fully saturated rings. The van der Waals surface area contributed by atoms with Crippen molar-refractivity contribution in [1.29, 1.82) is 0 Å². The number of hydrogen-bond donors (Lipinski definition) is 2. The zero-order valence-corrected chi connectivity index (χ0v) is 16.0. The van der Waals surface area contributed by atoms with Gasteiger partial charge in [-0.05, 0) is 24.5 Å². The van der Waals surface area contributed by atoms with Gasteiger partial charge in [0.15, 0.2) is 11.5 Å². The second-order valence-corrected chi connectivity index (χ2v) is 6.89. The summed E-state index contributed by atoms with van der Waals surface area (Å²) in [4.78, 5) is 16.8. The zero-order chi connectivity index (χ0) is 19.4. The lowest BCUT2D eigenvalue weighted by Gasteiger charge is -2.13. The molecule has 8 nitrogen and oxygen atoms in total. The number of nitrogens with one attached hydrogen (secondary N) is 1. The summed E-state index contributed by atoms with van der Waals surface area (Å²) in [6, 6.07) is 3.45. The molecule has 3 aromatic rings. The third-order valence-electron chi connectivity index (χ3n) is 4.57. The molecule has 0 aliphatic rings. The van der Waals surface area contributed by atoms with Gasteiger partial charge in [-0.3, -0.25) is 9.20 Å². The second kappa shape index (κ2) is 8.30. The number of nitrogens with zero attached hydrogens (tertiary/aromatic N) is 5. The van der Waals surface area contributed by atoms with Crippen molar-refractivity contribution in [3.63, 3.8) is 0 Å². The van der Waals surface area contributed by atoms with Crippen molar-refractivity contribution in [3.8, 4) is 0 Å². The van der Waals surface area contributed by atoms with E-state index in [4.69, 9.17) is 0 Å². The molecule has 3 aromatic heterocycles. The Balaban J connectivity index is 1.62. The Kier molecular flexibility index (Phi) is 5.85. The summed E-state index contributed by atoms with van der Waals surface area (Å²) >= 11 is 0. The maximum atomic E-state index is 12.5. The molecule has 0 saturated carbocycles. The van der Waals surface area contributed by atoms with E-state index < -0.39 is 6.10 Å². The maximum absolute atomic E-state index is 12.5. The van der Waals surface area contributed by atoms with Crippen LogP contribution >= 0.6 is 0 Å². The van der Waals surface area contributed by atoms with Crippen molar-refractivity contribution in [2.24, 2.45) is 5.92 Å². The van der Waals surface area contributed by atoms with Gasteiger partial charge in [0.25, 0.3) is 5.91 Å². The first-order valence-corrected chi connectivity index (χ1v) is 9.32. The van der Waals surface area contributed by atoms with Crippen LogP contribution < -0.4 is 5.32 Å². The summed E-state index contributed by atoms with van der Waals surface area (Å²) in [7, 11) is 0. The number of rotatable bonds is 8. The Labute approximate surface area is 158 Å². The summed E-state index contributed by atoms with van der Waals surface area (Å²) in [6.07, 6.45) is 6.42. The monoisotopic (exact) mass is 370 g/mol. The van der Waals surface area contributed by atoms with Gasteiger partial charge in [-0.15, -0.1) is 10.2 Å². The molecular formula is C19H26N6O2. The van der Waals surface area contributed by atoms with Crippen molar-refractivity contribution in [3.05, 3.63) is 47.9 Å². The third kappa shape index (κ3) is 4.16. The molecule has 1 amide bonds. The van der Waals surface area contributed by atoms with E-state index in [2.05, 4.69) is 32.0 Å².